The zero-order valence-corrected chi connectivity index (χ0v) is 11.2. The van der Waals surface area contributed by atoms with Crippen molar-refractivity contribution >= 4 is 17.3 Å². The number of benzene rings is 1. The molecule has 0 saturated heterocycles. The molecule has 0 atom stereocenters. The Hall–Kier alpha value is -1.75. The average molecular weight is 263 g/mol. The maximum absolute atomic E-state index is 11.2. The Morgan fingerprint density at radius 2 is 2.21 bits per heavy atom. The molecule has 1 aromatic rings. The molecule has 0 heterocycles. The monoisotopic (exact) mass is 263 g/mol. The van der Waals surface area contributed by atoms with E-state index in [1.807, 2.05) is 0 Å². The van der Waals surface area contributed by atoms with Gasteiger partial charge in [-0.25, -0.2) is 0 Å². The molecule has 0 spiro atoms. The van der Waals surface area contributed by atoms with Crippen molar-refractivity contribution in [2.45, 2.75) is 19.3 Å². The van der Waals surface area contributed by atoms with E-state index in [2.05, 4.69) is 5.32 Å². The van der Waals surface area contributed by atoms with Gasteiger partial charge in [-0.3, -0.25) is 4.79 Å². The maximum atomic E-state index is 11.2. The van der Waals surface area contributed by atoms with Crippen molar-refractivity contribution < 1.29 is 9.53 Å². The first-order valence-corrected chi connectivity index (χ1v) is 6.48. The Kier molecular flexibility index (Phi) is 3.95. The molecule has 5 nitrogen and oxygen atoms in total. The quantitative estimate of drug-likeness (QED) is 0.652. The third kappa shape index (κ3) is 3.38. The van der Waals surface area contributed by atoms with Gasteiger partial charge in [0.15, 0.2) is 0 Å². The van der Waals surface area contributed by atoms with Crippen molar-refractivity contribution in [3.63, 3.8) is 0 Å². The summed E-state index contributed by atoms with van der Waals surface area (Å²) in [6.45, 7) is 1.63. The number of nitrogens with two attached hydrogens (primary N) is 2. The van der Waals surface area contributed by atoms with Crippen LogP contribution >= 0.6 is 0 Å². The zero-order valence-electron chi connectivity index (χ0n) is 11.2. The molecular weight excluding hydrogens is 242 g/mol. The van der Waals surface area contributed by atoms with Gasteiger partial charge < -0.3 is 21.5 Å². The lowest BCUT2D eigenvalue weighted by molar-refractivity contribution is 0.100. The molecule has 5 N–H and O–H groups in total. The first-order chi connectivity index (χ1) is 9.06. The highest BCUT2D eigenvalue weighted by atomic mass is 16.5. The molecule has 0 bridgehead atoms. The molecule has 5 heteroatoms. The standard InChI is InChI=1S/C14H21N3O2/c1-19-7-6-14(4-5-14)9-17-12-8-10(13(16)18)2-3-11(12)15/h2-3,8,17H,4-7,9,15H2,1H3,(H2,16,18). The number of methoxy groups -OCH3 is 1. The highest BCUT2D eigenvalue weighted by molar-refractivity contribution is 5.94. The van der Waals surface area contributed by atoms with E-state index in [0.717, 1.165) is 25.3 Å². The zero-order chi connectivity index (χ0) is 13.9. The highest BCUT2D eigenvalue weighted by Gasteiger charge is 2.41. The molecular formula is C14H21N3O2. The van der Waals surface area contributed by atoms with Crippen LogP contribution in [0.3, 0.4) is 0 Å². The van der Waals surface area contributed by atoms with E-state index in [1.165, 1.54) is 12.8 Å². The highest BCUT2D eigenvalue weighted by Crippen LogP contribution is 2.48. The lowest BCUT2D eigenvalue weighted by Crippen LogP contribution is -2.18. The van der Waals surface area contributed by atoms with E-state index in [9.17, 15) is 4.79 Å². The lowest BCUT2D eigenvalue weighted by Gasteiger charge is -2.17. The van der Waals surface area contributed by atoms with Gasteiger partial charge in [0.25, 0.3) is 0 Å². The number of primary amides is 1. The summed E-state index contributed by atoms with van der Waals surface area (Å²) in [6.07, 6.45) is 3.46. The van der Waals surface area contributed by atoms with Crippen LogP contribution < -0.4 is 16.8 Å². The number of ether oxygens (including phenoxy) is 1. The van der Waals surface area contributed by atoms with Crippen LogP contribution in [0.2, 0.25) is 0 Å². The van der Waals surface area contributed by atoms with Crippen molar-refractivity contribution in [1.29, 1.82) is 0 Å². The summed E-state index contributed by atoms with van der Waals surface area (Å²) in [5, 5.41) is 3.33. The average Bonchev–Trinajstić information content (AvgIpc) is 3.16. The number of hydrogen-bond donors (Lipinski definition) is 3. The summed E-state index contributed by atoms with van der Waals surface area (Å²) >= 11 is 0. The molecule has 19 heavy (non-hydrogen) atoms. The van der Waals surface area contributed by atoms with E-state index in [1.54, 1.807) is 25.3 Å². The van der Waals surface area contributed by atoms with Crippen LogP contribution in [0.4, 0.5) is 11.4 Å². The number of hydrogen-bond acceptors (Lipinski definition) is 4. The molecule has 1 amide bonds. The van der Waals surface area contributed by atoms with Gasteiger partial charge in [0, 0.05) is 25.8 Å². The van der Waals surface area contributed by atoms with Crippen LogP contribution in [0, 0.1) is 5.41 Å². The molecule has 1 aliphatic rings. The minimum absolute atomic E-state index is 0.325. The first-order valence-electron chi connectivity index (χ1n) is 6.48. The van der Waals surface area contributed by atoms with Gasteiger partial charge in [0.2, 0.25) is 5.91 Å². The van der Waals surface area contributed by atoms with Gasteiger partial charge in [-0.15, -0.1) is 0 Å². The van der Waals surface area contributed by atoms with Gasteiger partial charge in [0.1, 0.15) is 0 Å². The summed E-state index contributed by atoms with van der Waals surface area (Å²) in [4.78, 5) is 11.2. The second-order valence-electron chi connectivity index (χ2n) is 5.26. The first kappa shape index (κ1) is 13.7. The number of nitrogens with one attached hydrogen (secondary N) is 1. The maximum Gasteiger partial charge on any atom is 0.248 e. The van der Waals surface area contributed by atoms with Crippen molar-refractivity contribution in [3.05, 3.63) is 23.8 Å². The van der Waals surface area contributed by atoms with E-state index in [4.69, 9.17) is 16.2 Å². The number of anilines is 2. The Labute approximate surface area is 113 Å². The summed E-state index contributed by atoms with van der Waals surface area (Å²) in [5.74, 6) is -0.441. The fourth-order valence-corrected chi connectivity index (χ4v) is 2.16. The van der Waals surface area contributed by atoms with Crippen molar-refractivity contribution in [2.24, 2.45) is 11.1 Å². The van der Waals surface area contributed by atoms with Crippen LogP contribution in [-0.4, -0.2) is 26.2 Å². The fourth-order valence-electron chi connectivity index (χ4n) is 2.16. The minimum atomic E-state index is -0.441. The molecule has 0 radical (unpaired) electrons. The second-order valence-corrected chi connectivity index (χ2v) is 5.26. The molecule has 0 unspecified atom stereocenters. The summed E-state index contributed by atoms with van der Waals surface area (Å²) in [5.41, 5.74) is 13.4. The minimum Gasteiger partial charge on any atom is -0.397 e. The smallest absolute Gasteiger partial charge is 0.248 e. The molecule has 1 aromatic carbocycles. The molecule has 1 saturated carbocycles. The van der Waals surface area contributed by atoms with Crippen LogP contribution in [0.1, 0.15) is 29.6 Å². The van der Waals surface area contributed by atoms with E-state index >= 15 is 0 Å². The molecule has 1 aliphatic carbocycles. The number of amides is 1. The molecule has 2 rings (SSSR count). The van der Waals surface area contributed by atoms with Crippen molar-refractivity contribution in [3.8, 4) is 0 Å². The summed E-state index contributed by atoms with van der Waals surface area (Å²) < 4.78 is 5.13. The molecule has 1 fully saturated rings. The Morgan fingerprint density at radius 3 is 2.79 bits per heavy atom. The van der Waals surface area contributed by atoms with Gasteiger partial charge in [-0.2, -0.15) is 0 Å². The summed E-state index contributed by atoms with van der Waals surface area (Å²) in [7, 11) is 1.72. The Bertz CT molecular complexity index is 470. The fraction of sp³-hybridized carbons (Fsp3) is 0.500. The number of rotatable bonds is 7. The van der Waals surface area contributed by atoms with Crippen molar-refractivity contribution in [1.82, 2.24) is 0 Å². The Balaban J connectivity index is 1.99. The number of carbonyl (C=O) groups is 1. The van der Waals surface area contributed by atoms with E-state index in [0.29, 0.717) is 16.7 Å². The van der Waals surface area contributed by atoms with Gasteiger partial charge in [-0.1, -0.05) is 0 Å². The third-order valence-electron chi connectivity index (χ3n) is 3.79. The molecule has 0 aromatic heterocycles. The number of nitrogen functional groups attached to an aromatic ring is 1. The lowest BCUT2D eigenvalue weighted by atomic mass is 10.0. The number of carbonyl (C=O) groups excluding carboxylic acids is 1. The van der Waals surface area contributed by atoms with Crippen LogP contribution in [0.5, 0.6) is 0 Å². The third-order valence-corrected chi connectivity index (χ3v) is 3.79. The van der Waals surface area contributed by atoms with Crippen LogP contribution in [0.15, 0.2) is 18.2 Å². The predicted molar refractivity (Wildman–Crippen MR) is 76.0 cm³/mol. The van der Waals surface area contributed by atoms with Gasteiger partial charge in [-0.05, 0) is 42.9 Å². The predicted octanol–water partition coefficient (Wildman–Crippen LogP) is 1.60. The van der Waals surface area contributed by atoms with E-state index in [-0.39, 0.29) is 0 Å². The molecule has 104 valence electrons. The molecule has 0 aliphatic heterocycles. The Morgan fingerprint density at radius 1 is 1.47 bits per heavy atom. The second kappa shape index (κ2) is 5.48. The largest absolute Gasteiger partial charge is 0.397 e. The van der Waals surface area contributed by atoms with Crippen LogP contribution in [-0.2, 0) is 4.74 Å². The van der Waals surface area contributed by atoms with Gasteiger partial charge >= 0.3 is 0 Å². The van der Waals surface area contributed by atoms with E-state index < -0.39 is 5.91 Å². The van der Waals surface area contributed by atoms with Gasteiger partial charge in [0.05, 0.1) is 11.4 Å². The summed E-state index contributed by atoms with van der Waals surface area (Å²) in [6, 6.07) is 5.06. The van der Waals surface area contributed by atoms with Crippen LogP contribution in [0.25, 0.3) is 0 Å². The topological polar surface area (TPSA) is 90.4 Å². The SMILES string of the molecule is COCCC1(CNc2cc(C(N)=O)ccc2N)CC1. The normalized spacial score (nSPS) is 16.1. The van der Waals surface area contributed by atoms with Crippen molar-refractivity contribution in [2.75, 3.05) is 31.3 Å².